The van der Waals surface area contributed by atoms with E-state index in [1.807, 2.05) is 18.2 Å². The third kappa shape index (κ3) is 2.73. The van der Waals surface area contributed by atoms with Crippen molar-refractivity contribution >= 4 is 11.5 Å². The average molecular weight is 287 g/mol. The molecule has 0 aliphatic carbocycles. The van der Waals surface area contributed by atoms with Gasteiger partial charge in [0.05, 0.1) is 11.0 Å². The zero-order valence-electron chi connectivity index (χ0n) is 11.6. The van der Waals surface area contributed by atoms with Gasteiger partial charge in [-0.05, 0) is 12.0 Å². The number of likely N-dealkylation sites (tertiary alicyclic amines) is 1. The van der Waals surface area contributed by atoms with Crippen molar-refractivity contribution in [3.63, 3.8) is 0 Å². The highest BCUT2D eigenvalue weighted by atomic mass is 16.6. The lowest BCUT2D eigenvalue weighted by atomic mass is 10.2. The first kappa shape index (κ1) is 13.6. The molecule has 110 valence electrons. The van der Waals surface area contributed by atoms with Crippen molar-refractivity contribution in [3.05, 3.63) is 52.2 Å². The Labute approximate surface area is 122 Å². The van der Waals surface area contributed by atoms with Crippen LogP contribution in [0.4, 0.5) is 11.5 Å². The number of nitrogens with two attached hydrogens (primary N) is 1. The van der Waals surface area contributed by atoms with Gasteiger partial charge < -0.3 is 5.73 Å². The van der Waals surface area contributed by atoms with Crippen LogP contribution < -0.4 is 5.73 Å². The molecule has 3 rings (SSSR count). The van der Waals surface area contributed by atoms with Gasteiger partial charge >= 0.3 is 5.69 Å². The number of aromatic nitrogens is 2. The van der Waals surface area contributed by atoms with Crippen molar-refractivity contribution in [2.24, 2.45) is 0 Å². The molecule has 1 atom stereocenters. The Morgan fingerprint density at radius 2 is 2.14 bits per heavy atom. The van der Waals surface area contributed by atoms with Crippen molar-refractivity contribution < 1.29 is 4.92 Å². The van der Waals surface area contributed by atoms with Gasteiger partial charge in [-0.2, -0.15) is 5.10 Å². The molecule has 0 radical (unpaired) electrons. The van der Waals surface area contributed by atoms with Crippen LogP contribution in [0.3, 0.4) is 0 Å². The molecular formula is C14H17N5O2. The number of hydrogen-bond acceptors (Lipinski definition) is 5. The largest absolute Gasteiger partial charge is 0.378 e. The van der Waals surface area contributed by atoms with Crippen LogP contribution in [0.25, 0.3) is 0 Å². The number of nitrogen functional groups attached to an aromatic ring is 1. The fourth-order valence-electron chi connectivity index (χ4n) is 2.79. The zero-order valence-corrected chi connectivity index (χ0v) is 11.6. The van der Waals surface area contributed by atoms with E-state index in [1.54, 1.807) is 4.68 Å². The Kier molecular flexibility index (Phi) is 3.57. The Hall–Kier alpha value is -2.41. The SMILES string of the molecule is Nc1c([N+](=O)[O-])cnn1C1CCN(Cc2ccccc2)C1. The molecule has 0 saturated carbocycles. The van der Waals surface area contributed by atoms with Gasteiger partial charge in [-0.25, -0.2) is 4.68 Å². The minimum atomic E-state index is -0.491. The molecular weight excluding hydrogens is 270 g/mol. The average Bonchev–Trinajstić information content (AvgIpc) is 3.06. The Balaban J connectivity index is 1.68. The Morgan fingerprint density at radius 3 is 2.81 bits per heavy atom. The van der Waals surface area contributed by atoms with Gasteiger partial charge in [0.1, 0.15) is 6.20 Å². The highest BCUT2D eigenvalue weighted by Crippen LogP contribution is 2.29. The maximum Gasteiger partial charge on any atom is 0.330 e. The second-order valence-corrected chi connectivity index (χ2v) is 5.28. The normalized spacial score (nSPS) is 19.0. The minimum absolute atomic E-state index is 0.0995. The smallest absolute Gasteiger partial charge is 0.330 e. The molecule has 7 nitrogen and oxygen atoms in total. The van der Waals surface area contributed by atoms with E-state index in [-0.39, 0.29) is 17.5 Å². The standard InChI is InChI=1S/C14H17N5O2/c15-14-13(19(20)21)8-16-18(14)12-6-7-17(10-12)9-11-4-2-1-3-5-11/h1-5,8,12H,6-7,9-10,15H2. The number of nitro groups is 1. The monoisotopic (exact) mass is 287 g/mol. The highest BCUT2D eigenvalue weighted by molar-refractivity contribution is 5.51. The summed E-state index contributed by atoms with van der Waals surface area (Å²) in [5.41, 5.74) is 6.97. The molecule has 7 heteroatoms. The van der Waals surface area contributed by atoms with Crippen molar-refractivity contribution in [2.75, 3.05) is 18.8 Å². The van der Waals surface area contributed by atoms with Gasteiger partial charge in [0.15, 0.2) is 0 Å². The summed E-state index contributed by atoms with van der Waals surface area (Å²) in [6.45, 7) is 2.62. The predicted octanol–water partition coefficient (Wildman–Crippen LogP) is 1.82. The van der Waals surface area contributed by atoms with Gasteiger partial charge in [-0.15, -0.1) is 0 Å². The molecule has 1 aliphatic heterocycles. The number of hydrogen-bond donors (Lipinski definition) is 1. The molecule has 1 unspecified atom stereocenters. The first-order chi connectivity index (χ1) is 10.1. The van der Waals surface area contributed by atoms with E-state index >= 15 is 0 Å². The number of rotatable bonds is 4. The lowest BCUT2D eigenvalue weighted by molar-refractivity contribution is -0.384. The maximum absolute atomic E-state index is 10.8. The molecule has 2 N–H and O–H groups in total. The first-order valence-electron chi connectivity index (χ1n) is 6.89. The molecule has 1 fully saturated rings. The van der Waals surface area contributed by atoms with E-state index in [9.17, 15) is 10.1 Å². The molecule has 0 bridgehead atoms. The second kappa shape index (κ2) is 5.53. The van der Waals surface area contributed by atoms with E-state index in [2.05, 4.69) is 22.1 Å². The maximum atomic E-state index is 10.8. The van der Waals surface area contributed by atoms with Crippen LogP contribution in [0.5, 0.6) is 0 Å². The molecule has 1 saturated heterocycles. The van der Waals surface area contributed by atoms with Crippen LogP contribution in [0.1, 0.15) is 18.0 Å². The van der Waals surface area contributed by atoms with E-state index in [1.165, 1.54) is 11.8 Å². The summed E-state index contributed by atoms with van der Waals surface area (Å²) in [5.74, 6) is 0.145. The van der Waals surface area contributed by atoms with Crippen molar-refractivity contribution in [3.8, 4) is 0 Å². The third-order valence-electron chi connectivity index (χ3n) is 3.85. The van der Waals surface area contributed by atoms with E-state index in [0.29, 0.717) is 0 Å². The Morgan fingerprint density at radius 1 is 1.38 bits per heavy atom. The summed E-state index contributed by atoms with van der Waals surface area (Å²) in [6, 6.07) is 10.3. The number of nitrogens with zero attached hydrogens (tertiary/aromatic N) is 4. The zero-order chi connectivity index (χ0) is 14.8. The number of anilines is 1. The van der Waals surface area contributed by atoms with Gasteiger partial charge in [0, 0.05) is 19.6 Å². The fourth-order valence-corrected chi connectivity index (χ4v) is 2.79. The molecule has 1 aromatic heterocycles. The second-order valence-electron chi connectivity index (χ2n) is 5.28. The fraction of sp³-hybridized carbons (Fsp3) is 0.357. The quantitative estimate of drug-likeness (QED) is 0.684. The van der Waals surface area contributed by atoms with Crippen LogP contribution in [-0.4, -0.2) is 32.7 Å². The minimum Gasteiger partial charge on any atom is -0.378 e. The van der Waals surface area contributed by atoms with Crippen LogP contribution in [-0.2, 0) is 6.54 Å². The van der Waals surface area contributed by atoms with Crippen molar-refractivity contribution in [1.82, 2.24) is 14.7 Å². The molecule has 0 amide bonds. The van der Waals surface area contributed by atoms with Crippen molar-refractivity contribution in [1.29, 1.82) is 0 Å². The molecule has 2 aromatic rings. The Bertz CT molecular complexity index is 640. The summed E-state index contributed by atoms with van der Waals surface area (Å²) in [4.78, 5) is 12.6. The van der Waals surface area contributed by atoms with Gasteiger partial charge in [0.2, 0.25) is 5.82 Å². The first-order valence-corrected chi connectivity index (χ1v) is 6.89. The lowest BCUT2D eigenvalue weighted by Crippen LogP contribution is -2.22. The topological polar surface area (TPSA) is 90.2 Å². The summed E-state index contributed by atoms with van der Waals surface area (Å²) in [7, 11) is 0. The van der Waals surface area contributed by atoms with Crippen molar-refractivity contribution in [2.45, 2.75) is 19.0 Å². The van der Waals surface area contributed by atoms with Gasteiger partial charge in [-0.3, -0.25) is 15.0 Å². The van der Waals surface area contributed by atoms with Gasteiger partial charge in [0.25, 0.3) is 0 Å². The summed E-state index contributed by atoms with van der Waals surface area (Å²) < 4.78 is 1.59. The van der Waals surface area contributed by atoms with E-state index < -0.39 is 4.92 Å². The lowest BCUT2D eigenvalue weighted by Gasteiger charge is -2.16. The summed E-state index contributed by atoms with van der Waals surface area (Å²) in [6.07, 6.45) is 2.13. The molecule has 21 heavy (non-hydrogen) atoms. The van der Waals surface area contributed by atoms with Crippen LogP contribution in [0, 0.1) is 10.1 Å². The summed E-state index contributed by atoms with van der Waals surface area (Å²) >= 11 is 0. The van der Waals surface area contributed by atoms with E-state index in [0.717, 1.165) is 26.1 Å². The summed E-state index contributed by atoms with van der Waals surface area (Å²) in [5, 5.41) is 14.9. The molecule has 1 aliphatic rings. The third-order valence-corrected chi connectivity index (χ3v) is 3.85. The molecule has 0 spiro atoms. The van der Waals surface area contributed by atoms with Crippen LogP contribution >= 0.6 is 0 Å². The highest BCUT2D eigenvalue weighted by Gasteiger charge is 2.28. The predicted molar refractivity (Wildman–Crippen MR) is 78.7 cm³/mol. The molecule has 2 heterocycles. The molecule has 1 aromatic carbocycles. The van der Waals surface area contributed by atoms with Gasteiger partial charge in [-0.1, -0.05) is 30.3 Å². The van der Waals surface area contributed by atoms with Crippen LogP contribution in [0.2, 0.25) is 0 Å². The van der Waals surface area contributed by atoms with Crippen LogP contribution in [0.15, 0.2) is 36.5 Å². The van der Waals surface area contributed by atoms with E-state index in [4.69, 9.17) is 5.73 Å². The number of benzene rings is 1.